The number of carbonyl (C=O) groups excluding carboxylic acids is 1. The monoisotopic (exact) mass is 250 g/mol. The van der Waals surface area contributed by atoms with Crippen LogP contribution in [0.1, 0.15) is 46.0 Å². The lowest BCUT2D eigenvalue weighted by atomic mass is 10.0. The lowest BCUT2D eigenvalue weighted by molar-refractivity contribution is -0.123. The number of hydrogen-bond acceptors (Lipinski definition) is 2. The van der Waals surface area contributed by atoms with Gasteiger partial charge in [-0.3, -0.25) is 4.79 Å². The molecule has 0 bridgehead atoms. The van der Waals surface area contributed by atoms with E-state index in [1.165, 1.54) is 12.8 Å². The molecule has 18 heavy (non-hydrogen) atoms. The van der Waals surface area contributed by atoms with E-state index in [1.54, 1.807) is 0 Å². The summed E-state index contributed by atoms with van der Waals surface area (Å²) in [7, 11) is 0. The predicted molar refractivity (Wildman–Crippen MR) is 75.5 cm³/mol. The summed E-state index contributed by atoms with van der Waals surface area (Å²) < 4.78 is 5.42. The molecular formula is C16H26O2. The van der Waals surface area contributed by atoms with Crippen molar-refractivity contribution in [1.29, 1.82) is 0 Å². The Kier molecular flexibility index (Phi) is 7.66. The average Bonchev–Trinajstić information content (AvgIpc) is 2.81. The molecule has 0 saturated carbocycles. The van der Waals surface area contributed by atoms with Crippen molar-refractivity contribution in [2.24, 2.45) is 11.8 Å². The van der Waals surface area contributed by atoms with Gasteiger partial charge in [0.2, 0.25) is 0 Å². The number of ketones is 1. The Bertz CT molecular complexity index is 277. The van der Waals surface area contributed by atoms with E-state index >= 15 is 0 Å². The number of Topliss-reactive ketones (excluding diaryl/α,β-unsaturated/α-hetero) is 1. The molecule has 1 aliphatic rings. The number of rotatable bonds is 10. The molecule has 0 saturated heterocycles. The highest BCUT2D eigenvalue weighted by molar-refractivity contribution is 5.79. The lowest BCUT2D eigenvalue weighted by Gasteiger charge is -2.07. The zero-order chi connectivity index (χ0) is 13.2. The molecule has 0 atom stereocenters. The summed E-state index contributed by atoms with van der Waals surface area (Å²) >= 11 is 0. The van der Waals surface area contributed by atoms with E-state index < -0.39 is 0 Å². The second kappa shape index (κ2) is 9.09. The second-order valence-corrected chi connectivity index (χ2v) is 5.48. The summed E-state index contributed by atoms with van der Waals surface area (Å²) in [6, 6.07) is 0. The topological polar surface area (TPSA) is 26.3 Å². The minimum atomic E-state index is 0.241. The van der Waals surface area contributed by atoms with E-state index in [1.807, 2.05) is 12.2 Å². The van der Waals surface area contributed by atoms with Gasteiger partial charge < -0.3 is 4.74 Å². The zero-order valence-corrected chi connectivity index (χ0v) is 11.7. The Morgan fingerprint density at radius 3 is 2.56 bits per heavy atom. The van der Waals surface area contributed by atoms with E-state index in [4.69, 9.17) is 4.74 Å². The molecule has 0 heterocycles. The van der Waals surface area contributed by atoms with E-state index in [2.05, 4.69) is 26.0 Å². The van der Waals surface area contributed by atoms with Gasteiger partial charge in [0, 0.05) is 12.3 Å². The Balaban J connectivity index is 1.90. The van der Waals surface area contributed by atoms with Crippen molar-refractivity contribution >= 4 is 5.78 Å². The highest BCUT2D eigenvalue weighted by atomic mass is 16.5. The molecule has 0 aromatic carbocycles. The van der Waals surface area contributed by atoms with Crippen molar-refractivity contribution in [1.82, 2.24) is 0 Å². The number of carbonyl (C=O) groups is 1. The number of ether oxygens (including phenoxy) is 1. The maximum Gasteiger partial charge on any atom is 0.158 e. The third-order valence-corrected chi connectivity index (χ3v) is 3.14. The number of unbranched alkanes of at least 4 members (excludes halogenated alkanes) is 2. The molecule has 0 amide bonds. The molecule has 0 fully saturated rings. The van der Waals surface area contributed by atoms with Gasteiger partial charge in [0.05, 0.1) is 6.61 Å². The van der Waals surface area contributed by atoms with Gasteiger partial charge in [-0.1, -0.05) is 57.4 Å². The van der Waals surface area contributed by atoms with Crippen LogP contribution in [0, 0.1) is 11.8 Å². The highest BCUT2D eigenvalue weighted by Crippen LogP contribution is 2.11. The third-order valence-electron chi connectivity index (χ3n) is 3.14. The lowest BCUT2D eigenvalue weighted by Crippen LogP contribution is -2.12. The van der Waals surface area contributed by atoms with Crippen molar-refractivity contribution in [2.45, 2.75) is 46.0 Å². The third kappa shape index (κ3) is 7.44. The van der Waals surface area contributed by atoms with Crippen molar-refractivity contribution in [3.63, 3.8) is 0 Å². The Morgan fingerprint density at radius 2 is 1.89 bits per heavy atom. The van der Waals surface area contributed by atoms with Crippen molar-refractivity contribution in [3.8, 4) is 0 Å². The molecule has 2 heteroatoms. The maximum atomic E-state index is 11.6. The van der Waals surface area contributed by atoms with Gasteiger partial charge in [0.1, 0.15) is 6.61 Å². The van der Waals surface area contributed by atoms with Gasteiger partial charge in [-0.2, -0.15) is 0 Å². The van der Waals surface area contributed by atoms with Gasteiger partial charge in [-0.15, -0.1) is 0 Å². The van der Waals surface area contributed by atoms with Crippen LogP contribution >= 0.6 is 0 Å². The first kappa shape index (κ1) is 15.2. The van der Waals surface area contributed by atoms with Crippen LogP contribution in [0.25, 0.3) is 0 Å². The van der Waals surface area contributed by atoms with Gasteiger partial charge in [0.15, 0.2) is 5.78 Å². The van der Waals surface area contributed by atoms with Crippen LogP contribution in [0.3, 0.4) is 0 Å². The molecule has 0 aromatic heterocycles. The van der Waals surface area contributed by atoms with Crippen LogP contribution in [-0.4, -0.2) is 19.0 Å². The van der Waals surface area contributed by atoms with Gasteiger partial charge in [0.25, 0.3) is 0 Å². The summed E-state index contributed by atoms with van der Waals surface area (Å²) in [5.74, 6) is 1.38. The smallest absolute Gasteiger partial charge is 0.158 e. The van der Waals surface area contributed by atoms with Crippen LogP contribution in [0.5, 0.6) is 0 Å². The Hall–Kier alpha value is -0.890. The average molecular weight is 250 g/mol. The minimum absolute atomic E-state index is 0.241. The second-order valence-electron chi connectivity index (χ2n) is 5.48. The van der Waals surface area contributed by atoms with E-state index in [9.17, 15) is 4.79 Å². The molecule has 2 nitrogen and oxygen atoms in total. The zero-order valence-electron chi connectivity index (χ0n) is 11.7. The minimum Gasteiger partial charge on any atom is -0.373 e. The van der Waals surface area contributed by atoms with E-state index in [0.717, 1.165) is 18.8 Å². The van der Waals surface area contributed by atoms with Gasteiger partial charge in [-0.25, -0.2) is 0 Å². The standard InChI is InChI=1S/C16H26O2/c1-14(2)8-4-3-5-11-16(17)13-18-12-15-9-6-7-10-15/h6-7,9-10,14-15H,3-5,8,11-13H2,1-2H3. The summed E-state index contributed by atoms with van der Waals surface area (Å²) in [6.45, 7) is 5.39. The fourth-order valence-electron chi connectivity index (χ4n) is 2.02. The molecule has 1 rings (SSSR count). The van der Waals surface area contributed by atoms with E-state index in [0.29, 0.717) is 18.9 Å². The summed E-state index contributed by atoms with van der Waals surface area (Å²) in [4.78, 5) is 11.6. The van der Waals surface area contributed by atoms with Crippen molar-refractivity contribution < 1.29 is 9.53 Å². The molecule has 1 aliphatic carbocycles. The summed E-state index contributed by atoms with van der Waals surface area (Å²) in [5.41, 5.74) is 0. The first-order chi connectivity index (χ1) is 8.68. The quantitative estimate of drug-likeness (QED) is 0.549. The van der Waals surface area contributed by atoms with Crippen molar-refractivity contribution in [3.05, 3.63) is 24.3 Å². The number of hydrogen-bond donors (Lipinski definition) is 0. The van der Waals surface area contributed by atoms with E-state index in [-0.39, 0.29) is 12.4 Å². The molecule has 0 aromatic rings. The number of allylic oxidation sites excluding steroid dienone is 2. The summed E-state index contributed by atoms with van der Waals surface area (Å²) in [5, 5.41) is 0. The Labute approximate surface area is 111 Å². The van der Waals surface area contributed by atoms with Gasteiger partial charge in [-0.05, 0) is 12.3 Å². The Morgan fingerprint density at radius 1 is 1.17 bits per heavy atom. The fraction of sp³-hybridized carbons (Fsp3) is 0.688. The predicted octanol–water partition coefficient (Wildman–Crippen LogP) is 3.92. The maximum absolute atomic E-state index is 11.6. The molecule has 0 unspecified atom stereocenters. The molecule has 0 N–H and O–H groups in total. The molecule has 0 aliphatic heterocycles. The largest absolute Gasteiger partial charge is 0.373 e. The molecule has 0 spiro atoms. The first-order valence-electron chi connectivity index (χ1n) is 7.13. The van der Waals surface area contributed by atoms with Crippen LogP contribution < -0.4 is 0 Å². The SMILES string of the molecule is CC(C)CCCCCC(=O)COCC1C=CC=C1. The fourth-order valence-corrected chi connectivity index (χ4v) is 2.02. The highest BCUT2D eigenvalue weighted by Gasteiger charge is 2.06. The normalized spacial score (nSPS) is 14.8. The van der Waals surface area contributed by atoms with Crippen LogP contribution in [-0.2, 0) is 9.53 Å². The molecule has 102 valence electrons. The van der Waals surface area contributed by atoms with Crippen molar-refractivity contribution in [2.75, 3.05) is 13.2 Å². The van der Waals surface area contributed by atoms with Crippen LogP contribution in [0.4, 0.5) is 0 Å². The van der Waals surface area contributed by atoms with Gasteiger partial charge >= 0.3 is 0 Å². The summed E-state index contributed by atoms with van der Waals surface area (Å²) in [6.07, 6.45) is 13.6. The molecular weight excluding hydrogens is 224 g/mol. The van der Waals surface area contributed by atoms with Crippen LogP contribution in [0.15, 0.2) is 24.3 Å². The van der Waals surface area contributed by atoms with Crippen LogP contribution in [0.2, 0.25) is 0 Å². The molecule has 0 radical (unpaired) electrons. The first-order valence-corrected chi connectivity index (χ1v) is 7.13.